The van der Waals surface area contributed by atoms with E-state index in [0.29, 0.717) is 30.0 Å². The van der Waals surface area contributed by atoms with Crippen molar-refractivity contribution in [2.75, 3.05) is 9.80 Å². The number of furan rings is 1. The quantitative estimate of drug-likeness (QED) is 0.293. The van der Waals surface area contributed by atoms with Crippen molar-refractivity contribution < 1.29 is 4.42 Å². The molecule has 174 valence electrons. The van der Waals surface area contributed by atoms with Crippen LogP contribution in [0.1, 0.15) is 63.1 Å². The molecular weight excluding hydrogens is 416 g/mol. The minimum atomic E-state index is 0.367. The second kappa shape index (κ2) is 7.66. The fourth-order valence-electron chi connectivity index (χ4n) is 6.05. The average molecular weight is 451 g/mol. The first kappa shape index (κ1) is 21.3. The van der Waals surface area contributed by atoms with E-state index in [-0.39, 0.29) is 0 Å². The number of nitrogens with zero attached hydrogens (tertiary/aromatic N) is 2. The first-order valence-electron chi connectivity index (χ1n) is 12.7. The van der Waals surface area contributed by atoms with Crippen molar-refractivity contribution in [3.8, 4) is 0 Å². The Morgan fingerprint density at radius 2 is 1.50 bits per heavy atom. The second-order valence-corrected chi connectivity index (χ2v) is 10.7. The molecule has 0 N–H and O–H groups in total. The SMILES string of the molecule is Cc1ccc2c(oc3ccccc32)c1N1C2[C@@H](C)N(c3c(C(C)C)cccc3C(C)C)C=C[C@H]21. The summed E-state index contributed by atoms with van der Waals surface area (Å²) in [5, 5.41) is 2.40. The third kappa shape index (κ3) is 3.02. The Morgan fingerprint density at radius 1 is 0.794 bits per heavy atom. The van der Waals surface area contributed by atoms with E-state index < -0.39 is 0 Å². The Balaban J connectivity index is 1.43. The van der Waals surface area contributed by atoms with Gasteiger partial charge in [0, 0.05) is 22.7 Å². The summed E-state index contributed by atoms with van der Waals surface area (Å²) in [7, 11) is 0. The van der Waals surface area contributed by atoms with Gasteiger partial charge >= 0.3 is 0 Å². The molecule has 1 aromatic heterocycles. The van der Waals surface area contributed by atoms with Crippen LogP contribution in [0.25, 0.3) is 21.9 Å². The summed E-state index contributed by atoms with van der Waals surface area (Å²) < 4.78 is 6.44. The Morgan fingerprint density at radius 3 is 2.21 bits per heavy atom. The lowest BCUT2D eigenvalue weighted by Gasteiger charge is -2.35. The summed E-state index contributed by atoms with van der Waals surface area (Å²) in [6.07, 6.45) is 4.74. The van der Waals surface area contributed by atoms with Crippen LogP contribution in [0, 0.1) is 6.92 Å². The average Bonchev–Trinajstić information content (AvgIpc) is 3.42. The number of fused-ring (bicyclic) bond motifs is 4. The summed E-state index contributed by atoms with van der Waals surface area (Å²) in [5.74, 6) is 0.961. The molecule has 3 aromatic carbocycles. The molecule has 1 unspecified atom stereocenters. The van der Waals surface area contributed by atoms with E-state index in [2.05, 4.69) is 118 Å². The molecule has 1 fully saturated rings. The molecule has 2 aliphatic rings. The van der Waals surface area contributed by atoms with Gasteiger partial charge in [0.1, 0.15) is 5.58 Å². The standard InChI is InChI=1S/C31H34N2O/c1-18(2)22-11-9-12-23(19(3)4)30(22)32-17-16-26-29(21(32)6)33(26)28-20(5)14-15-25-24-10-7-8-13-27(24)34-31(25)28/h7-19,21,26,29H,1-6H3/t21-,26-,29?,33?/m1/s1. The van der Waals surface area contributed by atoms with Gasteiger partial charge in [0.05, 0.1) is 23.8 Å². The highest BCUT2D eigenvalue weighted by Gasteiger charge is 2.54. The molecule has 4 aromatic rings. The molecule has 0 spiro atoms. The fraction of sp³-hybridized carbons (Fsp3) is 0.355. The lowest BCUT2D eigenvalue weighted by atomic mass is 9.90. The number of aryl methyl sites for hydroxylation is 1. The predicted octanol–water partition coefficient (Wildman–Crippen LogP) is 8.12. The Hall–Kier alpha value is -3.20. The van der Waals surface area contributed by atoms with Crippen LogP contribution in [0.15, 0.2) is 71.3 Å². The molecule has 3 atom stereocenters. The van der Waals surface area contributed by atoms with Gasteiger partial charge in [-0.1, -0.05) is 76.2 Å². The van der Waals surface area contributed by atoms with Gasteiger partial charge in [0.15, 0.2) is 5.58 Å². The monoisotopic (exact) mass is 450 g/mol. The van der Waals surface area contributed by atoms with Crippen LogP contribution < -0.4 is 9.80 Å². The second-order valence-electron chi connectivity index (χ2n) is 10.7. The molecule has 1 saturated heterocycles. The van der Waals surface area contributed by atoms with Gasteiger partial charge in [-0.2, -0.15) is 0 Å². The van der Waals surface area contributed by atoms with E-state index in [9.17, 15) is 0 Å². The number of hydrogen-bond acceptors (Lipinski definition) is 3. The van der Waals surface area contributed by atoms with Crippen molar-refractivity contribution in [3.63, 3.8) is 0 Å². The van der Waals surface area contributed by atoms with Gasteiger partial charge in [0.25, 0.3) is 0 Å². The van der Waals surface area contributed by atoms with Crippen LogP contribution in [0.3, 0.4) is 0 Å². The maximum Gasteiger partial charge on any atom is 0.159 e. The van der Waals surface area contributed by atoms with E-state index >= 15 is 0 Å². The van der Waals surface area contributed by atoms with Gasteiger partial charge in [-0.25, -0.2) is 0 Å². The number of para-hydroxylation sites is 2. The molecule has 0 aliphatic carbocycles. The number of rotatable bonds is 4. The molecule has 0 radical (unpaired) electrons. The Bertz CT molecular complexity index is 1400. The van der Waals surface area contributed by atoms with Crippen molar-refractivity contribution in [1.82, 2.24) is 0 Å². The maximum atomic E-state index is 6.44. The Kier molecular flexibility index (Phi) is 4.81. The van der Waals surface area contributed by atoms with E-state index in [1.54, 1.807) is 0 Å². The molecule has 0 amide bonds. The van der Waals surface area contributed by atoms with Crippen LogP contribution in [0.2, 0.25) is 0 Å². The number of hydrogen-bond donors (Lipinski definition) is 0. The highest BCUT2D eigenvalue weighted by Crippen LogP contribution is 2.50. The van der Waals surface area contributed by atoms with Crippen molar-refractivity contribution in [3.05, 3.63) is 83.6 Å². The smallest absolute Gasteiger partial charge is 0.159 e. The minimum Gasteiger partial charge on any atom is -0.454 e. The largest absolute Gasteiger partial charge is 0.454 e. The molecule has 3 nitrogen and oxygen atoms in total. The fourth-order valence-corrected chi connectivity index (χ4v) is 6.05. The summed E-state index contributed by atoms with van der Waals surface area (Å²) >= 11 is 0. The molecule has 2 aliphatic heterocycles. The van der Waals surface area contributed by atoms with Crippen molar-refractivity contribution in [1.29, 1.82) is 0 Å². The minimum absolute atomic E-state index is 0.367. The van der Waals surface area contributed by atoms with E-state index in [4.69, 9.17) is 4.42 Å². The third-order valence-electron chi connectivity index (χ3n) is 7.86. The molecule has 0 bridgehead atoms. The first-order chi connectivity index (χ1) is 16.4. The van der Waals surface area contributed by atoms with Gasteiger partial charge in [-0.3, -0.25) is 0 Å². The third-order valence-corrected chi connectivity index (χ3v) is 7.86. The predicted molar refractivity (Wildman–Crippen MR) is 144 cm³/mol. The molecular formula is C31H34N2O. The normalized spacial score (nSPS) is 21.8. The first-order valence-corrected chi connectivity index (χ1v) is 12.7. The lowest BCUT2D eigenvalue weighted by molar-refractivity contribution is 0.659. The van der Waals surface area contributed by atoms with Crippen LogP contribution in [-0.4, -0.2) is 18.1 Å². The molecule has 0 saturated carbocycles. The maximum absolute atomic E-state index is 6.44. The zero-order valence-electron chi connectivity index (χ0n) is 21.0. The highest BCUT2D eigenvalue weighted by atomic mass is 16.3. The van der Waals surface area contributed by atoms with Crippen LogP contribution >= 0.6 is 0 Å². The van der Waals surface area contributed by atoms with E-state index in [1.165, 1.54) is 38.8 Å². The highest BCUT2D eigenvalue weighted by molar-refractivity contribution is 6.10. The lowest BCUT2D eigenvalue weighted by Crippen LogP contribution is -2.38. The van der Waals surface area contributed by atoms with Gasteiger partial charge in [-0.05, 0) is 54.5 Å². The Labute approximate surface area is 202 Å². The molecule has 6 rings (SSSR count). The van der Waals surface area contributed by atoms with Gasteiger partial charge in [0.2, 0.25) is 0 Å². The van der Waals surface area contributed by atoms with Gasteiger partial charge < -0.3 is 14.2 Å². The van der Waals surface area contributed by atoms with Crippen LogP contribution in [0.5, 0.6) is 0 Å². The topological polar surface area (TPSA) is 19.4 Å². The van der Waals surface area contributed by atoms with Crippen molar-refractivity contribution >= 4 is 33.3 Å². The summed E-state index contributed by atoms with van der Waals surface area (Å²) in [4.78, 5) is 5.12. The molecule has 3 heterocycles. The summed E-state index contributed by atoms with van der Waals surface area (Å²) in [6, 6.07) is 20.9. The summed E-state index contributed by atoms with van der Waals surface area (Å²) in [6.45, 7) is 13.8. The zero-order chi connectivity index (χ0) is 23.7. The molecule has 3 heteroatoms. The van der Waals surface area contributed by atoms with Crippen molar-refractivity contribution in [2.24, 2.45) is 0 Å². The number of benzene rings is 3. The number of anilines is 2. The van der Waals surface area contributed by atoms with Crippen LogP contribution in [-0.2, 0) is 0 Å². The van der Waals surface area contributed by atoms with Crippen LogP contribution in [0.4, 0.5) is 11.4 Å². The zero-order valence-corrected chi connectivity index (χ0v) is 21.0. The van der Waals surface area contributed by atoms with E-state index in [1.807, 2.05) is 0 Å². The molecule has 34 heavy (non-hydrogen) atoms. The van der Waals surface area contributed by atoms with Gasteiger partial charge in [-0.15, -0.1) is 0 Å². The summed E-state index contributed by atoms with van der Waals surface area (Å²) in [5.41, 5.74) is 8.79. The van der Waals surface area contributed by atoms with Crippen molar-refractivity contribution in [2.45, 2.75) is 71.5 Å². The van der Waals surface area contributed by atoms with E-state index in [0.717, 1.165) is 11.2 Å².